The molecular weight excluding hydrogens is 276 g/mol. The number of hydrogen-bond donors (Lipinski definition) is 1. The van der Waals surface area contributed by atoms with Crippen LogP contribution in [0.2, 0.25) is 0 Å². The Bertz CT molecular complexity index is 357. The van der Waals surface area contributed by atoms with Gasteiger partial charge in [0.2, 0.25) is 0 Å². The number of ether oxygens (including phenoxy) is 1. The van der Waals surface area contributed by atoms with Crippen molar-refractivity contribution >= 4 is 26.4 Å². The summed E-state index contributed by atoms with van der Waals surface area (Å²) in [5.41, 5.74) is 5.69. The number of alkyl halides is 3. The van der Waals surface area contributed by atoms with Crippen molar-refractivity contribution in [1.82, 2.24) is 0 Å². The maximum atomic E-state index is 11.8. The quantitative estimate of drug-likeness (QED) is 0.510. The zero-order valence-electron chi connectivity index (χ0n) is 7.28. The standard InChI is InChI=1S/C8H6F3N2OSe/c9-8(10,11)14-6-3-1-5(2-4-6)13-7(12)15/h1-4H,(H2,12,13). The third kappa shape index (κ3) is 4.71. The second-order valence-corrected chi connectivity index (χ2v) is 3.37. The van der Waals surface area contributed by atoms with Crippen molar-refractivity contribution in [1.29, 1.82) is 0 Å². The number of halogens is 3. The van der Waals surface area contributed by atoms with Crippen molar-refractivity contribution in [3.63, 3.8) is 0 Å². The molecule has 0 aromatic heterocycles. The van der Waals surface area contributed by atoms with Crippen molar-refractivity contribution in [3.05, 3.63) is 24.3 Å². The first-order valence-corrected chi connectivity index (χ1v) is 4.59. The topological polar surface area (TPSA) is 47.6 Å². The first-order valence-electron chi connectivity index (χ1n) is 3.74. The van der Waals surface area contributed by atoms with Gasteiger partial charge in [-0.2, -0.15) is 0 Å². The summed E-state index contributed by atoms with van der Waals surface area (Å²) in [5.74, 6) is -0.292. The molecule has 0 spiro atoms. The van der Waals surface area contributed by atoms with Gasteiger partial charge >= 0.3 is 91.4 Å². The van der Waals surface area contributed by atoms with Gasteiger partial charge in [0, 0.05) is 0 Å². The second kappa shape index (κ2) is 4.55. The van der Waals surface area contributed by atoms with Crippen LogP contribution < -0.4 is 10.5 Å². The van der Waals surface area contributed by atoms with Gasteiger partial charge in [-0.05, 0) is 0 Å². The zero-order valence-corrected chi connectivity index (χ0v) is 9.00. The molecule has 15 heavy (non-hydrogen) atoms. The Balaban J connectivity index is 2.77. The predicted octanol–water partition coefficient (Wildman–Crippen LogP) is 1.70. The summed E-state index contributed by atoms with van der Waals surface area (Å²) in [7, 11) is 0. The Morgan fingerprint density at radius 2 is 1.80 bits per heavy atom. The molecule has 1 radical (unpaired) electrons. The van der Waals surface area contributed by atoms with Gasteiger partial charge in [-0.3, -0.25) is 0 Å². The Morgan fingerprint density at radius 1 is 1.27 bits per heavy atom. The molecule has 0 saturated carbocycles. The third-order valence-corrected chi connectivity index (χ3v) is 1.50. The van der Waals surface area contributed by atoms with Gasteiger partial charge < -0.3 is 0 Å². The Kier molecular flexibility index (Phi) is 3.60. The normalized spacial score (nSPS) is 12.6. The van der Waals surface area contributed by atoms with Crippen LogP contribution in [0.15, 0.2) is 29.3 Å². The van der Waals surface area contributed by atoms with Crippen molar-refractivity contribution in [2.45, 2.75) is 6.36 Å². The fourth-order valence-electron chi connectivity index (χ4n) is 0.850. The van der Waals surface area contributed by atoms with E-state index in [9.17, 15) is 13.2 Å². The molecule has 0 saturated heterocycles. The van der Waals surface area contributed by atoms with Crippen LogP contribution in [-0.4, -0.2) is 27.1 Å². The van der Waals surface area contributed by atoms with E-state index in [0.717, 1.165) is 12.1 Å². The number of hydrogen-bond acceptors (Lipinski definition) is 2. The maximum absolute atomic E-state index is 11.8. The molecule has 81 valence electrons. The molecule has 0 fully saturated rings. The van der Waals surface area contributed by atoms with Crippen molar-refractivity contribution in [2.24, 2.45) is 10.7 Å². The van der Waals surface area contributed by atoms with E-state index in [-0.39, 0.29) is 10.5 Å². The summed E-state index contributed by atoms with van der Waals surface area (Å²) in [6.45, 7) is 0. The molecule has 0 aliphatic rings. The first-order chi connectivity index (χ1) is 6.87. The second-order valence-electron chi connectivity index (χ2n) is 2.49. The van der Waals surface area contributed by atoms with Gasteiger partial charge in [0.1, 0.15) is 0 Å². The average Bonchev–Trinajstić information content (AvgIpc) is 2.05. The SMILES string of the molecule is NC([Se])=Nc1ccc(OC(F)(F)F)cc1. The number of rotatable bonds is 2. The van der Waals surface area contributed by atoms with E-state index in [2.05, 4.69) is 25.7 Å². The van der Waals surface area contributed by atoms with Gasteiger partial charge in [0.15, 0.2) is 0 Å². The average molecular weight is 282 g/mol. The van der Waals surface area contributed by atoms with Crippen LogP contribution in [0, 0.1) is 0 Å². The molecule has 0 unspecified atom stereocenters. The van der Waals surface area contributed by atoms with Crippen LogP contribution >= 0.6 is 0 Å². The van der Waals surface area contributed by atoms with Crippen LogP contribution in [0.5, 0.6) is 5.75 Å². The molecule has 1 aromatic carbocycles. The van der Waals surface area contributed by atoms with Crippen LogP contribution in [-0.2, 0) is 0 Å². The van der Waals surface area contributed by atoms with E-state index in [1.165, 1.54) is 12.1 Å². The van der Waals surface area contributed by atoms with Crippen molar-refractivity contribution < 1.29 is 17.9 Å². The molecule has 0 atom stereocenters. The monoisotopic (exact) mass is 283 g/mol. The van der Waals surface area contributed by atoms with E-state index in [4.69, 9.17) is 5.73 Å². The first kappa shape index (κ1) is 11.9. The zero-order chi connectivity index (χ0) is 11.5. The third-order valence-electron chi connectivity index (χ3n) is 1.31. The van der Waals surface area contributed by atoms with E-state index in [1.54, 1.807) is 0 Å². The summed E-state index contributed by atoms with van der Waals surface area (Å²) >= 11 is 2.46. The van der Waals surface area contributed by atoms with Crippen LogP contribution in [0.1, 0.15) is 0 Å². The van der Waals surface area contributed by atoms with Crippen molar-refractivity contribution in [2.75, 3.05) is 0 Å². The minimum atomic E-state index is -4.68. The van der Waals surface area contributed by atoms with Gasteiger partial charge in [-0.25, -0.2) is 0 Å². The molecule has 0 bridgehead atoms. The summed E-state index contributed by atoms with van der Waals surface area (Å²) < 4.78 is 39.2. The van der Waals surface area contributed by atoms with E-state index < -0.39 is 6.36 Å². The van der Waals surface area contributed by atoms with E-state index >= 15 is 0 Å². The van der Waals surface area contributed by atoms with Crippen LogP contribution in [0.4, 0.5) is 18.9 Å². The fourth-order valence-corrected chi connectivity index (χ4v) is 1.07. The number of benzene rings is 1. The summed E-state index contributed by atoms with van der Waals surface area (Å²) in [6, 6.07) is 5.06. The number of aliphatic imine (C=N–C) groups is 1. The molecule has 0 heterocycles. The van der Waals surface area contributed by atoms with Gasteiger partial charge in [0.05, 0.1) is 0 Å². The van der Waals surface area contributed by atoms with Gasteiger partial charge in [-0.1, -0.05) is 0 Å². The van der Waals surface area contributed by atoms with Crippen LogP contribution in [0.3, 0.4) is 0 Å². The Hall–Kier alpha value is -1.20. The molecule has 2 N–H and O–H groups in total. The number of nitrogens with zero attached hydrogens (tertiary/aromatic N) is 1. The van der Waals surface area contributed by atoms with E-state index in [1.807, 2.05) is 0 Å². The van der Waals surface area contributed by atoms with Crippen molar-refractivity contribution in [3.8, 4) is 5.75 Å². The molecule has 0 aliphatic carbocycles. The summed E-state index contributed by atoms with van der Waals surface area (Å²) in [6.07, 6.45) is -4.68. The minimum absolute atomic E-state index is 0.208. The number of amidine groups is 1. The Morgan fingerprint density at radius 3 is 2.20 bits per heavy atom. The van der Waals surface area contributed by atoms with Gasteiger partial charge in [-0.15, -0.1) is 0 Å². The molecule has 0 aliphatic heterocycles. The fraction of sp³-hybridized carbons (Fsp3) is 0.125. The Labute approximate surface area is 91.9 Å². The molecule has 7 heteroatoms. The number of nitrogens with two attached hydrogens (primary N) is 1. The molecule has 3 nitrogen and oxygen atoms in total. The molecule has 0 amide bonds. The van der Waals surface area contributed by atoms with E-state index in [0.29, 0.717) is 5.69 Å². The summed E-state index contributed by atoms with van der Waals surface area (Å²) in [5, 5.41) is 0. The predicted molar refractivity (Wildman–Crippen MR) is 50.2 cm³/mol. The summed E-state index contributed by atoms with van der Waals surface area (Å²) in [4.78, 5) is 3.80. The van der Waals surface area contributed by atoms with Crippen LogP contribution in [0.25, 0.3) is 0 Å². The molecule has 1 aromatic rings. The molecule has 1 rings (SSSR count). The molecular formula is C8H6F3N2OSe. The van der Waals surface area contributed by atoms with Gasteiger partial charge in [0.25, 0.3) is 0 Å².